The van der Waals surface area contributed by atoms with Crippen molar-refractivity contribution in [1.82, 2.24) is 29.5 Å². The Morgan fingerprint density at radius 1 is 1.03 bits per heavy atom. The summed E-state index contributed by atoms with van der Waals surface area (Å²) in [7, 11) is 0. The third kappa shape index (κ3) is 3.87. The summed E-state index contributed by atoms with van der Waals surface area (Å²) in [5.41, 5.74) is -1.51. The number of hydrogen-bond donors (Lipinski definition) is 1. The van der Waals surface area contributed by atoms with Crippen molar-refractivity contribution >= 4 is 23.2 Å². The van der Waals surface area contributed by atoms with Crippen LogP contribution in [0.3, 0.4) is 0 Å². The first-order valence-electron chi connectivity index (χ1n) is 8.36. The fourth-order valence-corrected chi connectivity index (χ4v) is 2.81. The zero-order valence-corrected chi connectivity index (χ0v) is 15.6. The standard InChI is InChI=1S/C18H11ClF3N7O/c19-11-1-4-13(5-2-11)29-16(18(20,21)22)14(8-25-29)17(30)27-12-3-6-15(24-7-12)28-10-23-9-26-28/h1-10H,(H,27,30). The molecule has 0 bridgehead atoms. The van der Waals surface area contributed by atoms with Crippen LogP contribution in [-0.2, 0) is 6.18 Å². The van der Waals surface area contributed by atoms with Crippen molar-refractivity contribution < 1.29 is 18.0 Å². The minimum absolute atomic E-state index is 0.115. The summed E-state index contributed by atoms with van der Waals surface area (Å²) in [5.74, 6) is -0.546. The van der Waals surface area contributed by atoms with Crippen LogP contribution in [0.15, 0.2) is 61.4 Å². The molecule has 3 heterocycles. The van der Waals surface area contributed by atoms with E-state index in [0.29, 0.717) is 15.5 Å². The van der Waals surface area contributed by atoms with Crippen LogP contribution >= 0.6 is 11.6 Å². The maximum Gasteiger partial charge on any atom is 0.434 e. The monoisotopic (exact) mass is 433 g/mol. The largest absolute Gasteiger partial charge is 0.434 e. The minimum Gasteiger partial charge on any atom is -0.320 e. The van der Waals surface area contributed by atoms with Gasteiger partial charge in [0.2, 0.25) is 0 Å². The SMILES string of the molecule is O=C(Nc1ccc(-n2cncn2)nc1)c1cnn(-c2ccc(Cl)cc2)c1C(F)(F)F. The smallest absolute Gasteiger partial charge is 0.320 e. The van der Waals surface area contributed by atoms with Gasteiger partial charge in [-0.2, -0.15) is 23.4 Å². The second kappa shape index (κ2) is 7.59. The normalized spacial score (nSPS) is 11.5. The average molecular weight is 434 g/mol. The van der Waals surface area contributed by atoms with E-state index in [9.17, 15) is 18.0 Å². The number of benzene rings is 1. The Morgan fingerprint density at radius 3 is 2.40 bits per heavy atom. The van der Waals surface area contributed by atoms with Gasteiger partial charge in [-0.3, -0.25) is 4.79 Å². The molecule has 1 N–H and O–H groups in total. The molecule has 0 aliphatic heterocycles. The molecule has 8 nitrogen and oxygen atoms in total. The van der Waals surface area contributed by atoms with E-state index in [2.05, 4.69) is 25.5 Å². The van der Waals surface area contributed by atoms with Crippen molar-refractivity contribution in [3.05, 3.63) is 77.7 Å². The summed E-state index contributed by atoms with van der Waals surface area (Å²) < 4.78 is 43.2. The molecule has 12 heteroatoms. The van der Waals surface area contributed by atoms with Crippen LogP contribution in [-0.4, -0.2) is 35.4 Å². The first-order valence-corrected chi connectivity index (χ1v) is 8.74. The topological polar surface area (TPSA) is 90.5 Å². The maximum absolute atomic E-state index is 13.7. The van der Waals surface area contributed by atoms with Crippen molar-refractivity contribution in [2.75, 3.05) is 5.32 Å². The van der Waals surface area contributed by atoms with Gasteiger partial charge >= 0.3 is 6.18 Å². The number of aromatic nitrogens is 6. The molecule has 30 heavy (non-hydrogen) atoms. The Kier molecular flexibility index (Phi) is 4.96. The highest BCUT2D eigenvalue weighted by Gasteiger charge is 2.40. The van der Waals surface area contributed by atoms with Gasteiger partial charge in [-0.15, -0.1) is 0 Å². The molecule has 0 fully saturated rings. The van der Waals surface area contributed by atoms with Crippen LogP contribution in [0.1, 0.15) is 16.1 Å². The van der Waals surface area contributed by atoms with Crippen molar-refractivity contribution in [2.45, 2.75) is 6.18 Å². The van der Waals surface area contributed by atoms with Crippen molar-refractivity contribution in [3.8, 4) is 11.5 Å². The van der Waals surface area contributed by atoms with Gasteiger partial charge in [-0.05, 0) is 36.4 Å². The number of halogens is 4. The number of hydrogen-bond acceptors (Lipinski definition) is 5. The van der Waals surface area contributed by atoms with E-state index in [4.69, 9.17) is 11.6 Å². The highest BCUT2D eigenvalue weighted by atomic mass is 35.5. The Morgan fingerprint density at radius 2 is 1.80 bits per heavy atom. The van der Waals surface area contributed by atoms with Gasteiger partial charge < -0.3 is 5.32 Å². The molecule has 0 saturated carbocycles. The molecule has 0 saturated heterocycles. The zero-order chi connectivity index (χ0) is 21.3. The van der Waals surface area contributed by atoms with Gasteiger partial charge in [0, 0.05) is 5.02 Å². The van der Waals surface area contributed by atoms with Crippen LogP contribution in [0.25, 0.3) is 11.5 Å². The quantitative estimate of drug-likeness (QED) is 0.529. The molecular weight excluding hydrogens is 423 g/mol. The van der Waals surface area contributed by atoms with E-state index >= 15 is 0 Å². The molecular formula is C18H11ClF3N7O. The Balaban J connectivity index is 1.63. The summed E-state index contributed by atoms with van der Waals surface area (Å²) in [5, 5.41) is 10.4. The number of carbonyl (C=O) groups is 1. The van der Waals surface area contributed by atoms with Crippen LogP contribution in [0, 0.1) is 0 Å². The van der Waals surface area contributed by atoms with Crippen LogP contribution in [0.5, 0.6) is 0 Å². The number of amides is 1. The first-order chi connectivity index (χ1) is 14.3. The van der Waals surface area contributed by atoms with Gasteiger partial charge in [-0.25, -0.2) is 19.3 Å². The van der Waals surface area contributed by atoms with Gasteiger partial charge in [0.1, 0.15) is 12.7 Å². The summed E-state index contributed by atoms with van der Waals surface area (Å²) in [6.07, 6.45) is 0.101. The second-order valence-electron chi connectivity index (χ2n) is 5.99. The van der Waals surface area contributed by atoms with Gasteiger partial charge in [0.25, 0.3) is 5.91 Å². The Labute approximate surface area is 171 Å². The lowest BCUT2D eigenvalue weighted by Gasteiger charge is -2.13. The molecule has 3 aromatic heterocycles. The third-order valence-electron chi connectivity index (χ3n) is 4.01. The molecule has 0 radical (unpaired) electrons. The predicted octanol–water partition coefficient (Wildman–Crippen LogP) is 3.77. The highest BCUT2D eigenvalue weighted by molar-refractivity contribution is 6.30. The molecule has 1 aromatic carbocycles. The van der Waals surface area contributed by atoms with Crippen molar-refractivity contribution in [3.63, 3.8) is 0 Å². The number of carbonyl (C=O) groups excluding carboxylic acids is 1. The molecule has 0 aliphatic rings. The zero-order valence-electron chi connectivity index (χ0n) is 14.9. The Hall–Kier alpha value is -3.73. The molecule has 0 aliphatic carbocycles. The Bertz CT molecular complexity index is 1170. The summed E-state index contributed by atoms with van der Waals surface area (Å²) in [6, 6.07) is 8.63. The molecule has 4 aromatic rings. The highest BCUT2D eigenvalue weighted by Crippen LogP contribution is 2.34. The predicted molar refractivity (Wildman–Crippen MR) is 101 cm³/mol. The van der Waals surface area contributed by atoms with E-state index in [1.165, 1.54) is 59.9 Å². The van der Waals surface area contributed by atoms with Crippen LogP contribution in [0.4, 0.5) is 18.9 Å². The molecule has 0 unspecified atom stereocenters. The van der Waals surface area contributed by atoms with E-state index in [1.807, 2.05) is 0 Å². The molecule has 4 rings (SSSR count). The van der Waals surface area contributed by atoms with Gasteiger partial charge in [0.05, 0.1) is 29.3 Å². The van der Waals surface area contributed by atoms with Crippen molar-refractivity contribution in [1.29, 1.82) is 0 Å². The van der Waals surface area contributed by atoms with E-state index < -0.39 is 23.3 Å². The number of nitrogens with one attached hydrogen (secondary N) is 1. The molecule has 1 amide bonds. The summed E-state index contributed by atoms with van der Waals surface area (Å²) in [4.78, 5) is 20.4. The number of alkyl halides is 3. The second-order valence-corrected chi connectivity index (χ2v) is 6.43. The van der Waals surface area contributed by atoms with Gasteiger partial charge in [-0.1, -0.05) is 11.6 Å². The number of rotatable bonds is 4. The van der Waals surface area contributed by atoms with E-state index in [0.717, 1.165) is 6.20 Å². The van der Waals surface area contributed by atoms with Crippen LogP contribution < -0.4 is 5.32 Å². The fraction of sp³-hybridized carbons (Fsp3) is 0.0556. The third-order valence-corrected chi connectivity index (χ3v) is 4.26. The van der Waals surface area contributed by atoms with Crippen molar-refractivity contribution in [2.24, 2.45) is 0 Å². The van der Waals surface area contributed by atoms with Crippen LogP contribution in [0.2, 0.25) is 5.02 Å². The summed E-state index contributed by atoms with van der Waals surface area (Å²) >= 11 is 5.79. The lowest BCUT2D eigenvalue weighted by atomic mass is 10.2. The maximum atomic E-state index is 13.7. The number of pyridine rings is 1. The van der Waals surface area contributed by atoms with E-state index in [-0.39, 0.29) is 11.4 Å². The molecule has 0 spiro atoms. The summed E-state index contributed by atoms with van der Waals surface area (Å²) in [6.45, 7) is 0. The molecule has 0 atom stereocenters. The lowest BCUT2D eigenvalue weighted by Crippen LogP contribution is -2.20. The van der Waals surface area contributed by atoms with Gasteiger partial charge in [0.15, 0.2) is 11.5 Å². The van der Waals surface area contributed by atoms with E-state index in [1.54, 1.807) is 0 Å². The first kappa shape index (κ1) is 19.6. The number of nitrogens with zero attached hydrogens (tertiary/aromatic N) is 6. The molecule has 152 valence electrons. The fourth-order valence-electron chi connectivity index (χ4n) is 2.69. The minimum atomic E-state index is -4.82. The average Bonchev–Trinajstić information content (AvgIpc) is 3.39. The lowest BCUT2D eigenvalue weighted by molar-refractivity contribution is -0.143. The number of anilines is 1.